The van der Waals surface area contributed by atoms with E-state index < -0.39 is 0 Å². The zero-order valence-electron chi connectivity index (χ0n) is 6.11. The van der Waals surface area contributed by atoms with Crippen LogP contribution in [-0.4, -0.2) is 16.3 Å². The highest BCUT2D eigenvalue weighted by Gasteiger charge is 1.94. The van der Waals surface area contributed by atoms with Crippen LogP contribution < -0.4 is 4.74 Å². The SMILES string of the molecule is CC(C)Oc1ccnnc1. The van der Waals surface area contributed by atoms with Crippen molar-refractivity contribution < 1.29 is 4.74 Å². The molecule has 10 heavy (non-hydrogen) atoms. The second kappa shape index (κ2) is 3.15. The molecule has 0 bridgehead atoms. The van der Waals surface area contributed by atoms with E-state index in [0.717, 1.165) is 5.75 Å². The average molecular weight is 138 g/mol. The molecule has 0 aliphatic rings. The summed E-state index contributed by atoms with van der Waals surface area (Å²) in [6.45, 7) is 3.95. The van der Waals surface area contributed by atoms with Crippen molar-refractivity contribution in [3.8, 4) is 5.75 Å². The van der Waals surface area contributed by atoms with E-state index in [1.807, 2.05) is 13.8 Å². The normalized spacial score (nSPS) is 9.90. The molecule has 54 valence electrons. The van der Waals surface area contributed by atoms with Gasteiger partial charge in [0.15, 0.2) is 0 Å². The van der Waals surface area contributed by atoms with Gasteiger partial charge in [0.25, 0.3) is 0 Å². The molecule has 0 saturated heterocycles. The van der Waals surface area contributed by atoms with Gasteiger partial charge in [-0.2, -0.15) is 10.2 Å². The molecule has 0 spiro atoms. The monoisotopic (exact) mass is 138 g/mol. The van der Waals surface area contributed by atoms with Gasteiger partial charge in [-0.05, 0) is 13.8 Å². The van der Waals surface area contributed by atoms with Crippen LogP contribution in [0.2, 0.25) is 0 Å². The van der Waals surface area contributed by atoms with Gasteiger partial charge in [-0.1, -0.05) is 0 Å². The van der Waals surface area contributed by atoms with Crippen molar-refractivity contribution in [3.63, 3.8) is 0 Å². The van der Waals surface area contributed by atoms with Gasteiger partial charge in [-0.25, -0.2) is 0 Å². The van der Waals surface area contributed by atoms with Crippen LogP contribution in [0.3, 0.4) is 0 Å². The van der Waals surface area contributed by atoms with Gasteiger partial charge < -0.3 is 4.74 Å². The van der Waals surface area contributed by atoms with Crippen molar-refractivity contribution in [2.24, 2.45) is 0 Å². The van der Waals surface area contributed by atoms with E-state index in [1.165, 1.54) is 0 Å². The number of aromatic nitrogens is 2. The van der Waals surface area contributed by atoms with Crippen LogP contribution >= 0.6 is 0 Å². The number of nitrogens with zero attached hydrogens (tertiary/aromatic N) is 2. The number of hydrogen-bond donors (Lipinski definition) is 0. The van der Waals surface area contributed by atoms with E-state index in [9.17, 15) is 0 Å². The molecule has 1 rings (SSSR count). The molecule has 0 aromatic carbocycles. The lowest BCUT2D eigenvalue weighted by Gasteiger charge is -2.06. The smallest absolute Gasteiger partial charge is 0.141 e. The third-order valence-corrected chi connectivity index (χ3v) is 0.929. The Morgan fingerprint density at radius 1 is 1.40 bits per heavy atom. The van der Waals surface area contributed by atoms with E-state index in [2.05, 4.69) is 10.2 Å². The average Bonchev–Trinajstić information content (AvgIpc) is 1.88. The van der Waals surface area contributed by atoms with E-state index in [0.29, 0.717) is 0 Å². The van der Waals surface area contributed by atoms with Gasteiger partial charge >= 0.3 is 0 Å². The van der Waals surface area contributed by atoms with Gasteiger partial charge in [0.05, 0.1) is 18.5 Å². The third-order valence-electron chi connectivity index (χ3n) is 0.929. The van der Waals surface area contributed by atoms with E-state index in [1.54, 1.807) is 18.5 Å². The zero-order chi connectivity index (χ0) is 7.40. The molecule has 3 nitrogen and oxygen atoms in total. The summed E-state index contributed by atoms with van der Waals surface area (Å²) >= 11 is 0. The van der Waals surface area contributed by atoms with Crippen LogP contribution in [0.4, 0.5) is 0 Å². The zero-order valence-corrected chi connectivity index (χ0v) is 6.11. The molecule has 1 heterocycles. The second-order valence-corrected chi connectivity index (χ2v) is 2.24. The third kappa shape index (κ3) is 2.01. The molecule has 0 fully saturated rings. The maximum Gasteiger partial charge on any atom is 0.141 e. The lowest BCUT2D eigenvalue weighted by Crippen LogP contribution is -2.05. The van der Waals surface area contributed by atoms with Crippen molar-refractivity contribution in [1.82, 2.24) is 10.2 Å². The van der Waals surface area contributed by atoms with Crippen molar-refractivity contribution in [1.29, 1.82) is 0 Å². The van der Waals surface area contributed by atoms with Crippen LogP contribution in [0.25, 0.3) is 0 Å². The van der Waals surface area contributed by atoms with Crippen molar-refractivity contribution in [3.05, 3.63) is 18.5 Å². The lowest BCUT2D eigenvalue weighted by atomic mass is 10.4. The van der Waals surface area contributed by atoms with Gasteiger partial charge in [0.1, 0.15) is 5.75 Å². The van der Waals surface area contributed by atoms with Gasteiger partial charge in [0, 0.05) is 6.07 Å². The molecular formula is C7H10N2O. The predicted octanol–water partition coefficient (Wildman–Crippen LogP) is 1.26. The molecule has 0 aliphatic heterocycles. The second-order valence-electron chi connectivity index (χ2n) is 2.24. The first-order valence-electron chi connectivity index (χ1n) is 3.22. The summed E-state index contributed by atoms with van der Waals surface area (Å²) in [4.78, 5) is 0. The van der Waals surface area contributed by atoms with Crippen molar-refractivity contribution >= 4 is 0 Å². The largest absolute Gasteiger partial charge is 0.489 e. The molecular weight excluding hydrogens is 128 g/mol. The Morgan fingerprint density at radius 3 is 2.70 bits per heavy atom. The summed E-state index contributed by atoms with van der Waals surface area (Å²) < 4.78 is 5.31. The molecule has 1 aromatic rings. The predicted molar refractivity (Wildman–Crippen MR) is 37.8 cm³/mol. The standard InChI is InChI=1S/C7H10N2O/c1-6(2)10-7-3-4-8-9-5-7/h3-6H,1-2H3. The van der Waals surface area contributed by atoms with Crippen LogP contribution in [0.5, 0.6) is 5.75 Å². The summed E-state index contributed by atoms with van der Waals surface area (Å²) in [7, 11) is 0. The van der Waals surface area contributed by atoms with E-state index in [-0.39, 0.29) is 6.10 Å². The van der Waals surface area contributed by atoms with Gasteiger partial charge in [0.2, 0.25) is 0 Å². The molecule has 3 heteroatoms. The lowest BCUT2D eigenvalue weighted by molar-refractivity contribution is 0.241. The summed E-state index contributed by atoms with van der Waals surface area (Å²) in [5, 5.41) is 7.29. The molecule has 0 N–H and O–H groups in total. The van der Waals surface area contributed by atoms with Crippen LogP contribution in [-0.2, 0) is 0 Å². The summed E-state index contributed by atoms with van der Waals surface area (Å²) in [5.74, 6) is 0.769. The fraction of sp³-hybridized carbons (Fsp3) is 0.429. The van der Waals surface area contributed by atoms with E-state index >= 15 is 0 Å². The Hall–Kier alpha value is -1.12. The Morgan fingerprint density at radius 2 is 2.20 bits per heavy atom. The fourth-order valence-corrected chi connectivity index (χ4v) is 0.620. The summed E-state index contributed by atoms with van der Waals surface area (Å²) in [6.07, 6.45) is 3.40. The summed E-state index contributed by atoms with van der Waals surface area (Å²) in [5.41, 5.74) is 0. The van der Waals surface area contributed by atoms with Crippen molar-refractivity contribution in [2.75, 3.05) is 0 Å². The Bertz CT molecular complexity index is 186. The van der Waals surface area contributed by atoms with E-state index in [4.69, 9.17) is 4.74 Å². The first-order valence-corrected chi connectivity index (χ1v) is 3.22. The molecule has 0 aliphatic carbocycles. The van der Waals surface area contributed by atoms with Crippen LogP contribution in [0.15, 0.2) is 18.5 Å². The van der Waals surface area contributed by atoms with Gasteiger partial charge in [-0.15, -0.1) is 0 Å². The molecule has 0 unspecified atom stereocenters. The first kappa shape index (κ1) is 6.99. The minimum Gasteiger partial charge on any atom is -0.489 e. The number of ether oxygens (including phenoxy) is 1. The Balaban J connectivity index is 2.59. The molecule has 0 atom stereocenters. The number of rotatable bonds is 2. The molecule has 0 amide bonds. The highest BCUT2D eigenvalue weighted by molar-refractivity contribution is 5.12. The maximum absolute atomic E-state index is 5.31. The fourth-order valence-electron chi connectivity index (χ4n) is 0.620. The molecule has 1 aromatic heterocycles. The topological polar surface area (TPSA) is 35.0 Å². The molecule has 0 saturated carbocycles. The highest BCUT2D eigenvalue weighted by Crippen LogP contribution is 2.06. The minimum atomic E-state index is 0.198. The van der Waals surface area contributed by atoms with Crippen LogP contribution in [0.1, 0.15) is 13.8 Å². The summed E-state index contributed by atoms with van der Waals surface area (Å²) in [6, 6.07) is 1.78. The minimum absolute atomic E-state index is 0.198. The maximum atomic E-state index is 5.31. The Labute approximate surface area is 60.0 Å². The number of hydrogen-bond acceptors (Lipinski definition) is 3. The van der Waals surface area contributed by atoms with Gasteiger partial charge in [-0.3, -0.25) is 0 Å². The van der Waals surface area contributed by atoms with Crippen molar-refractivity contribution in [2.45, 2.75) is 20.0 Å². The quantitative estimate of drug-likeness (QED) is 0.617. The first-order chi connectivity index (χ1) is 4.79. The van der Waals surface area contributed by atoms with Crippen LogP contribution in [0, 0.1) is 0 Å². The highest BCUT2D eigenvalue weighted by atomic mass is 16.5. The Kier molecular flexibility index (Phi) is 2.20. The molecule has 0 radical (unpaired) electrons.